The number of carbonyl (C=O) groups excluding carboxylic acids is 1. The Balaban J connectivity index is 1.93. The zero-order valence-corrected chi connectivity index (χ0v) is 10.3. The minimum atomic E-state index is 0.345. The molecule has 0 aliphatic heterocycles. The van der Waals surface area contributed by atoms with E-state index < -0.39 is 0 Å². The number of rotatable bonds is 4. The molecule has 0 aliphatic rings. The molecule has 0 atom stereocenters. The van der Waals surface area contributed by atoms with Crippen LogP contribution in [0.4, 0.5) is 0 Å². The van der Waals surface area contributed by atoms with Crippen LogP contribution in [0.1, 0.15) is 11.5 Å². The van der Waals surface area contributed by atoms with E-state index in [0.717, 1.165) is 23.1 Å². The molecule has 0 fully saturated rings. The van der Waals surface area contributed by atoms with Crippen LogP contribution in [-0.2, 0) is 17.8 Å². The maximum atomic E-state index is 11.0. The molecule has 3 aromatic rings. The first kappa shape index (κ1) is 11.6. The summed E-state index contributed by atoms with van der Waals surface area (Å²) in [7, 11) is 0. The molecule has 19 heavy (non-hydrogen) atoms. The van der Waals surface area contributed by atoms with Crippen molar-refractivity contribution >= 4 is 17.3 Å². The summed E-state index contributed by atoms with van der Waals surface area (Å²) in [6.45, 7) is 0.669. The first-order chi connectivity index (χ1) is 9.38. The van der Waals surface area contributed by atoms with Crippen LogP contribution in [0, 0.1) is 0 Å². The van der Waals surface area contributed by atoms with E-state index >= 15 is 0 Å². The minimum Gasteiger partial charge on any atom is -0.321 e. The summed E-state index contributed by atoms with van der Waals surface area (Å²) in [5.74, 6) is 0.345. The molecule has 0 unspecified atom stereocenters. The Bertz CT molecular complexity index is 704. The molecule has 0 amide bonds. The van der Waals surface area contributed by atoms with Gasteiger partial charge >= 0.3 is 0 Å². The standard InChI is InChI=1S/C15H12N3O/c19-11-15-17-13-6-1-2-7-14(13)18(15)10-8-12-5-3-4-9-16-12/h1-7,9H,8,10H2. The highest BCUT2D eigenvalue weighted by Gasteiger charge is 2.10. The Labute approximate surface area is 110 Å². The third-order valence-corrected chi connectivity index (χ3v) is 3.06. The van der Waals surface area contributed by atoms with Gasteiger partial charge in [-0.05, 0) is 24.3 Å². The van der Waals surface area contributed by atoms with Crippen molar-refractivity contribution in [1.82, 2.24) is 14.5 Å². The number of aryl methyl sites for hydroxylation is 2. The molecule has 4 nitrogen and oxygen atoms in total. The van der Waals surface area contributed by atoms with Crippen LogP contribution >= 0.6 is 0 Å². The summed E-state index contributed by atoms with van der Waals surface area (Å²) in [6.07, 6.45) is 4.43. The Morgan fingerprint density at radius 1 is 1.11 bits per heavy atom. The van der Waals surface area contributed by atoms with E-state index in [9.17, 15) is 4.79 Å². The van der Waals surface area contributed by atoms with Crippen LogP contribution in [-0.4, -0.2) is 20.8 Å². The lowest BCUT2D eigenvalue weighted by Crippen LogP contribution is -2.06. The van der Waals surface area contributed by atoms with Crippen molar-refractivity contribution < 1.29 is 4.79 Å². The zero-order valence-electron chi connectivity index (χ0n) is 10.3. The van der Waals surface area contributed by atoms with Crippen molar-refractivity contribution in [3.05, 3.63) is 60.2 Å². The van der Waals surface area contributed by atoms with Gasteiger partial charge in [-0.25, -0.2) is 4.98 Å². The van der Waals surface area contributed by atoms with Gasteiger partial charge < -0.3 is 4.57 Å². The molecule has 4 heteroatoms. The molecule has 1 aromatic carbocycles. The Hall–Kier alpha value is -2.49. The number of para-hydroxylation sites is 2. The largest absolute Gasteiger partial charge is 0.321 e. The number of pyridine rings is 1. The average Bonchev–Trinajstić information content (AvgIpc) is 2.84. The van der Waals surface area contributed by atoms with Gasteiger partial charge in [0, 0.05) is 24.9 Å². The highest BCUT2D eigenvalue weighted by molar-refractivity contribution is 5.83. The fraction of sp³-hybridized carbons (Fsp3) is 0.133. The second-order valence-electron chi connectivity index (χ2n) is 4.25. The smallest absolute Gasteiger partial charge is 0.272 e. The number of nitrogens with zero attached hydrogens (tertiary/aromatic N) is 3. The second kappa shape index (κ2) is 5.02. The van der Waals surface area contributed by atoms with Crippen molar-refractivity contribution in [3.63, 3.8) is 0 Å². The Kier molecular flexibility index (Phi) is 3.06. The second-order valence-corrected chi connectivity index (χ2v) is 4.25. The van der Waals surface area contributed by atoms with Gasteiger partial charge in [0.1, 0.15) is 0 Å². The molecule has 0 N–H and O–H groups in total. The van der Waals surface area contributed by atoms with Crippen LogP contribution in [0.25, 0.3) is 11.0 Å². The number of aromatic nitrogens is 3. The Morgan fingerprint density at radius 3 is 2.74 bits per heavy atom. The van der Waals surface area contributed by atoms with E-state index in [0.29, 0.717) is 12.4 Å². The van der Waals surface area contributed by atoms with Crippen molar-refractivity contribution in [1.29, 1.82) is 0 Å². The summed E-state index contributed by atoms with van der Waals surface area (Å²) in [4.78, 5) is 19.5. The quantitative estimate of drug-likeness (QED) is 0.712. The lowest BCUT2D eigenvalue weighted by atomic mass is 10.2. The van der Waals surface area contributed by atoms with Gasteiger partial charge in [0.15, 0.2) is 5.82 Å². The molecule has 0 bridgehead atoms. The maximum Gasteiger partial charge on any atom is 0.272 e. The summed E-state index contributed by atoms with van der Waals surface area (Å²) >= 11 is 0. The number of fused-ring (bicyclic) bond motifs is 1. The van der Waals surface area contributed by atoms with Crippen LogP contribution < -0.4 is 0 Å². The van der Waals surface area contributed by atoms with Gasteiger partial charge in [0.2, 0.25) is 0 Å². The molecule has 2 heterocycles. The van der Waals surface area contributed by atoms with Crippen LogP contribution in [0.2, 0.25) is 0 Å². The lowest BCUT2D eigenvalue weighted by Gasteiger charge is -2.05. The van der Waals surface area contributed by atoms with Gasteiger partial charge in [-0.3, -0.25) is 9.78 Å². The van der Waals surface area contributed by atoms with Gasteiger partial charge in [-0.2, -0.15) is 0 Å². The van der Waals surface area contributed by atoms with Crippen molar-refractivity contribution in [2.24, 2.45) is 0 Å². The summed E-state index contributed by atoms with van der Waals surface area (Å²) < 4.78 is 1.89. The highest BCUT2D eigenvalue weighted by atomic mass is 16.1. The molecule has 1 radical (unpaired) electrons. The molecule has 0 spiro atoms. The normalized spacial score (nSPS) is 10.7. The average molecular weight is 250 g/mol. The summed E-state index contributed by atoms with van der Waals surface area (Å²) in [5.41, 5.74) is 2.77. The topological polar surface area (TPSA) is 47.8 Å². The van der Waals surface area contributed by atoms with Crippen molar-refractivity contribution in [3.8, 4) is 0 Å². The predicted octanol–water partition coefficient (Wildman–Crippen LogP) is 2.13. The molecule has 3 rings (SSSR count). The van der Waals surface area contributed by atoms with Gasteiger partial charge in [-0.1, -0.05) is 18.2 Å². The molecule has 0 aliphatic carbocycles. The van der Waals surface area contributed by atoms with E-state index in [1.165, 1.54) is 0 Å². The number of hydrogen-bond donors (Lipinski definition) is 0. The minimum absolute atomic E-state index is 0.345. The van der Waals surface area contributed by atoms with E-state index in [2.05, 4.69) is 9.97 Å². The van der Waals surface area contributed by atoms with Crippen LogP contribution in [0.15, 0.2) is 48.7 Å². The van der Waals surface area contributed by atoms with Crippen molar-refractivity contribution in [2.45, 2.75) is 13.0 Å². The van der Waals surface area contributed by atoms with Crippen LogP contribution in [0.3, 0.4) is 0 Å². The zero-order chi connectivity index (χ0) is 13.1. The first-order valence-corrected chi connectivity index (χ1v) is 6.12. The highest BCUT2D eigenvalue weighted by Crippen LogP contribution is 2.15. The monoisotopic (exact) mass is 250 g/mol. The van der Waals surface area contributed by atoms with Crippen molar-refractivity contribution in [2.75, 3.05) is 0 Å². The fourth-order valence-electron chi connectivity index (χ4n) is 2.15. The van der Waals surface area contributed by atoms with Crippen LogP contribution in [0.5, 0.6) is 0 Å². The SMILES string of the molecule is O=[C]c1nc2ccccc2n1CCc1ccccn1. The number of imidazole rings is 1. The van der Waals surface area contributed by atoms with E-state index in [1.54, 1.807) is 6.20 Å². The molecule has 2 aromatic heterocycles. The Morgan fingerprint density at radius 2 is 1.95 bits per heavy atom. The number of benzene rings is 1. The summed E-state index contributed by atoms with van der Waals surface area (Å²) in [6, 6.07) is 13.5. The van der Waals surface area contributed by atoms with E-state index in [-0.39, 0.29) is 0 Å². The first-order valence-electron chi connectivity index (χ1n) is 6.12. The lowest BCUT2D eigenvalue weighted by molar-refractivity contribution is 0.555. The van der Waals surface area contributed by atoms with Gasteiger partial charge in [0.25, 0.3) is 6.29 Å². The third-order valence-electron chi connectivity index (χ3n) is 3.06. The molecule has 93 valence electrons. The molecule has 0 saturated carbocycles. The fourth-order valence-corrected chi connectivity index (χ4v) is 2.15. The third kappa shape index (κ3) is 2.25. The molecular formula is C15H12N3O. The predicted molar refractivity (Wildman–Crippen MR) is 72.5 cm³/mol. The van der Waals surface area contributed by atoms with Gasteiger partial charge in [-0.15, -0.1) is 0 Å². The molecular weight excluding hydrogens is 238 g/mol. The number of hydrogen-bond acceptors (Lipinski definition) is 3. The van der Waals surface area contributed by atoms with Gasteiger partial charge in [0.05, 0.1) is 11.0 Å². The molecule has 0 saturated heterocycles. The maximum absolute atomic E-state index is 11.0. The van der Waals surface area contributed by atoms with E-state index in [4.69, 9.17) is 0 Å². The van der Waals surface area contributed by atoms with E-state index in [1.807, 2.05) is 53.3 Å². The summed E-state index contributed by atoms with van der Waals surface area (Å²) in [5, 5.41) is 0.